The van der Waals surface area contributed by atoms with E-state index in [9.17, 15) is 19.8 Å². The van der Waals surface area contributed by atoms with Crippen LogP contribution in [0.5, 0.6) is 0 Å². The maximum atomic E-state index is 12.5. The van der Waals surface area contributed by atoms with Crippen molar-refractivity contribution >= 4 is 11.9 Å². The Morgan fingerprint density at radius 3 is 1.06 bits per heavy atom. The van der Waals surface area contributed by atoms with E-state index >= 15 is 0 Å². The number of amides is 1. The van der Waals surface area contributed by atoms with E-state index in [1.54, 1.807) is 6.08 Å². The van der Waals surface area contributed by atoms with Gasteiger partial charge in [0, 0.05) is 12.8 Å². The lowest BCUT2D eigenvalue weighted by molar-refractivity contribution is -0.143. The van der Waals surface area contributed by atoms with Crippen molar-refractivity contribution in [1.82, 2.24) is 5.32 Å². The molecule has 0 heterocycles. The van der Waals surface area contributed by atoms with E-state index in [1.165, 1.54) is 257 Å². The fourth-order valence-corrected chi connectivity index (χ4v) is 9.11. The first kappa shape index (κ1) is 62.6. The molecule has 0 aliphatic heterocycles. The molecule has 0 radical (unpaired) electrons. The predicted molar refractivity (Wildman–Crippen MR) is 278 cm³/mol. The van der Waals surface area contributed by atoms with Gasteiger partial charge < -0.3 is 20.3 Å². The zero-order chi connectivity index (χ0) is 46.5. The van der Waals surface area contributed by atoms with Crippen LogP contribution in [0.1, 0.15) is 322 Å². The number of hydrogen-bond donors (Lipinski definition) is 3. The highest BCUT2D eigenvalue weighted by molar-refractivity contribution is 5.76. The van der Waals surface area contributed by atoms with E-state index < -0.39 is 12.1 Å². The van der Waals surface area contributed by atoms with Crippen LogP contribution >= 0.6 is 0 Å². The number of unbranched alkanes of at least 4 members (excludes halogenated alkanes) is 43. The molecule has 0 aliphatic rings. The van der Waals surface area contributed by atoms with Gasteiger partial charge in [-0.3, -0.25) is 9.59 Å². The number of aliphatic hydroxyl groups excluding tert-OH is 2. The summed E-state index contributed by atoms with van der Waals surface area (Å²) in [6.45, 7) is 4.91. The molecule has 0 aromatic carbocycles. The van der Waals surface area contributed by atoms with Gasteiger partial charge >= 0.3 is 5.97 Å². The van der Waals surface area contributed by atoms with Crippen LogP contribution in [-0.2, 0) is 14.3 Å². The molecule has 380 valence electrons. The van der Waals surface area contributed by atoms with Crippen molar-refractivity contribution in [3.05, 3.63) is 12.2 Å². The molecule has 0 saturated carbocycles. The van der Waals surface area contributed by atoms with Gasteiger partial charge in [0.25, 0.3) is 0 Å². The molecule has 0 aromatic heterocycles. The van der Waals surface area contributed by atoms with E-state index in [0.717, 1.165) is 38.5 Å². The number of esters is 1. The molecule has 2 atom stereocenters. The van der Waals surface area contributed by atoms with Gasteiger partial charge in [-0.25, -0.2) is 0 Å². The van der Waals surface area contributed by atoms with Crippen molar-refractivity contribution in [2.24, 2.45) is 0 Å². The molecule has 3 N–H and O–H groups in total. The number of nitrogens with one attached hydrogen (secondary N) is 1. The minimum absolute atomic E-state index is 0.00849. The molecule has 6 nitrogen and oxygen atoms in total. The van der Waals surface area contributed by atoms with Crippen LogP contribution in [-0.4, -0.2) is 47.4 Å². The van der Waals surface area contributed by atoms with Crippen LogP contribution in [0.4, 0.5) is 0 Å². The quantitative estimate of drug-likeness (QED) is 0.0321. The summed E-state index contributed by atoms with van der Waals surface area (Å²) in [7, 11) is 0. The molecule has 0 saturated heterocycles. The number of allylic oxidation sites excluding steroid dienone is 1. The summed E-state index contributed by atoms with van der Waals surface area (Å²) in [5, 5.41) is 23.1. The lowest BCUT2D eigenvalue weighted by atomic mass is 10.0. The van der Waals surface area contributed by atoms with Crippen LogP contribution < -0.4 is 5.32 Å². The number of carbonyl (C=O) groups excluding carboxylic acids is 2. The molecule has 1 amide bonds. The van der Waals surface area contributed by atoms with E-state index in [-0.39, 0.29) is 18.5 Å². The maximum absolute atomic E-state index is 12.5. The highest BCUT2D eigenvalue weighted by Crippen LogP contribution is 2.17. The van der Waals surface area contributed by atoms with Gasteiger partial charge in [-0.05, 0) is 32.1 Å². The fraction of sp³-hybridized carbons (Fsp3) is 0.931. The molecular formula is C58H113NO5. The number of carbonyl (C=O) groups is 2. The van der Waals surface area contributed by atoms with Crippen molar-refractivity contribution in [3.63, 3.8) is 0 Å². The Bertz CT molecular complexity index is 955. The zero-order valence-electron chi connectivity index (χ0n) is 43.3. The normalized spacial score (nSPS) is 12.6. The minimum atomic E-state index is -0.846. The average Bonchev–Trinajstić information content (AvgIpc) is 3.29. The second kappa shape index (κ2) is 54.2. The third kappa shape index (κ3) is 50.0. The number of ether oxygens (including phenoxy) is 1. The summed E-state index contributed by atoms with van der Waals surface area (Å²) < 4.78 is 5.47. The van der Waals surface area contributed by atoms with Crippen LogP contribution in [0.3, 0.4) is 0 Å². The van der Waals surface area contributed by atoms with Gasteiger partial charge in [-0.15, -0.1) is 0 Å². The van der Waals surface area contributed by atoms with Crippen LogP contribution in [0, 0.1) is 0 Å². The molecule has 0 rings (SSSR count). The molecule has 0 aliphatic carbocycles. The van der Waals surface area contributed by atoms with Gasteiger partial charge in [0.2, 0.25) is 5.91 Å². The van der Waals surface area contributed by atoms with E-state index in [0.29, 0.717) is 19.4 Å². The van der Waals surface area contributed by atoms with Gasteiger partial charge in [0.05, 0.1) is 25.4 Å². The summed E-state index contributed by atoms with van der Waals surface area (Å²) in [5.41, 5.74) is 0. The molecule has 6 heteroatoms. The predicted octanol–water partition coefficient (Wildman–Crippen LogP) is 17.7. The second-order valence-corrected chi connectivity index (χ2v) is 20.0. The first-order valence-electron chi connectivity index (χ1n) is 29.0. The average molecular weight is 905 g/mol. The van der Waals surface area contributed by atoms with Crippen molar-refractivity contribution in [2.45, 2.75) is 334 Å². The third-order valence-electron chi connectivity index (χ3n) is 13.6. The van der Waals surface area contributed by atoms with Crippen molar-refractivity contribution in [1.29, 1.82) is 0 Å². The molecule has 0 fully saturated rings. The van der Waals surface area contributed by atoms with Crippen molar-refractivity contribution in [3.8, 4) is 0 Å². The summed E-state index contributed by atoms with van der Waals surface area (Å²) in [5.74, 6) is -0.0612. The SMILES string of the molecule is CCCCCCCCCCCCCCCC/C=C/C(O)C(CO)NC(=O)CCCCCCCCCCCCCCCCCCCCOC(=O)CCCCCCCCCCCCCCC. The summed E-state index contributed by atoms with van der Waals surface area (Å²) in [6.07, 6.45) is 63.7. The van der Waals surface area contributed by atoms with Crippen LogP contribution in [0.2, 0.25) is 0 Å². The van der Waals surface area contributed by atoms with E-state index in [1.807, 2.05) is 6.08 Å². The lowest BCUT2D eigenvalue weighted by Crippen LogP contribution is -2.45. The Labute approximate surface area is 399 Å². The molecule has 64 heavy (non-hydrogen) atoms. The van der Waals surface area contributed by atoms with Crippen LogP contribution in [0.15, 0.2) is 12.2 Å². The molecule has 0 spiro atoms. The Kier molecular flexibility index (Phi) is 53.0. The van der Waals surface area contributed by atoms with Crippen molar-refractivity contribution < 1.29 is 24.5 Å². The highest BCUT2D eigenvalue weighted by Gasteiger charge is 2.18. The second-order valence-electron chi connectivity index (χ2n) is 20.0. The van der Waals surface area contributed by atoms with Crippen LogP contribution in [0.25, 0.3) is 0 Å². The molecular weight excluding hydrogens is 791 g/mol. The number of rotatable bonds is 54. The Balaban J connectivity index is 3.43. The van der Waals surface area contributed by atoms with E-state index in [4.69, 9.17) is 4.74 Å². The molecule has 0 bridgehead atoms. The Morgan fingerprint density at radius 2 is 0.719 bits per heavy atom. The van der Waals surface area contributed by atoms with E-state index in [2.05, 4.69) is 19.2 Å². The van der Waals surface area contributed by atoms with Gasteiger partial charge in [0.15, 0.2) is 0 Å². The Morgan fingerprint density at radius 1 is 0.422 bits per heavy atom. The maximum Gasteiger partial charge on any atom is 0.305 e. The lowest BCUT2D eigenvalue weighted by Gasteiger charge is -2.20. The van der Waals surface area contributed by atoms with Gasteiger partial charge in [-0.1, -0.05) is 289 Å². The summed E-state index contributed by atoms with van der Waals surface area (Å²) in [6, 6.07) is -0.630. The number of hydrogen-bond acceptors (Lipinski definition) is 5. The monoisotopic (exact) mass is 904 g/mol. The first-order valence-corrected chi connectivity index (χ1v) is 29.0. The first-order chi connectivity index (χ1) is 31.5. The molecule has 0 aromatic rings. The van der Waals surface area contributed by atoms with Gasteiger partial charge in [0.1, 0.15) is 0 Å². The highest BCUT2D eigenvalue weighted by atomic mass is 16.5. The number of aliphatic hydroxyl groups is 2. The smallest absolute Gasteiger partial charge is 0.305 e. The standard InChI is InChI=1S/C58H113NO5/c1-3-5-7-9-11-13-15-17-18-23-27-30-34-38-42-46-50-56(61)55(54-60)59-57(62)51-47-43-39-35-31-28-24-21-19-20-22-25-29-33-37-41-45-49-53-64-58(63)52-48-44-40-36-32-26-16-14-12-10-8-6-4-2/h46,50,55-56,60-61H,3-45,47-49,51-54H2,1-2H3,(H,59,62)/b50-46+. The van der Waals surface area contributed by atoms with Crippen molar-refractivity contribution in [2.75, 3.05) is 13.2 Å². The zero-order valence-corrected chi connectivity index (χ0v) is 43.3. The summed E-state index contributed by atoms with van der Waals surface area (Å²) in [4.78, 5) is 24.5. The Hall–Kier alpha value is -1.40. The minimum Gasteiger partial charge on any atom is -0.466 e. The summed E-state index contributed by atoms with van der Waals surface area (Å²) >= 11 is 0. The largest absolute Gasteiger partial charge is 0.466 e. The molecule has 2 unspecified atom stereocenters. The fourth-order valence-electron chi connectivity index (χ4n) is 9.11. The topological polar surface area (TPSA) is 95.9 Å². The van der Waals surface area contributed by atoms with Gasteiger partial charge in [-0.2, -0.15) is 0 Å². The third-order valence-corrected chi connectivity index (χ3v) is 13.6.